The number of benzene rings is 1. The maximum atomic E-state index is 12.7. The molecule has 14 heteroatoms. The Morgan fingerprint density at radius 3 is 2.47 bits per heavy atom. The second-order valence-electron chi connectivity index (χ2n) is 11.8. The summed E-state index contributed by atoms with van der Waals surface area (Å²) < 4.78 is 7.19. The average Bonchev–Trinajstić information content (AvgIpc) is 3.33. The number of imidazole rings is 1. The molecule has 45 heavy (non-hydrogen) atoms. The average molecular weight is 626 g/mol. The van der Waals surface area contributed by atoms with Gasteiger partial charge >= 0.3 is 17.8 Å². The minimum Gasteiger partial charge on any atom is -0.465 e. The van der Waals surface area contributed by atoms with Crippen LogP contribution in [0, 0.1) is 5.92 Å². The fourth-order valence-electron chi connectivity index (χ4n) is 5.52. The van der Waals surface area contributed by atoms with Crippen LogP contribution in [0.25, 0.3) is 11.2 Å². The van der Waals surface area contributed by atoms with E-state index in [1.165, 1.54) is 5.56 Å². The number of nitrogen functional groups attached to an aromatic ring is 1. The van der Waals surface area contributed by atoms with Crippen LogP contribution in [0.5, 0.6) is 6.01 Å². The van der Waals surface area contributed by atoms with Crippen LogP contribution in [-0.2, 0) is 17.9 Å². The van der Waals surface area contributed by atoms with Gasteiger partial charge in [0.1, 0.15) is 5.52 Å². The SMILES string of the molecule is CCCCOc1nc(N)c2[nH]c(=O)n(Cc3ccc(CN4CCC(CCNC(=O)C(N)CCCCNC(=O)O)CC4)cc3)c2n1. The van der Waals surface area contributed by atoms with Gasteiger partial charge in [-0.05, 0) is 75.1 Å². The molecule has 3 heterocycles. The Balaban J connectivity index is 1.18. The number of aromatic nitrogens is 4. The first kappa shape index (κ1) is 33.7. The molecule has 1 fully saturated rings. The standard InChI is InChI=1S/C31H47N9O5/c1-2-3-18-45-29-37-26(33)25-27(38-29)40(30(42)36-25)20-23-9-7-22(8-10-23)19-39-16-12-21(13-17-39)11-15-34-28(41)24(32)6-4-5-14-35-31(43)44/h7-10,21,24,35H,2-6,11-20,32H2,1H3,(H,34,41)(H,36,42)(H,43,44)(H2,33,37,38). The summed E-state index contributed by atoms with van der Waals surface area (Å²) in [6.45, 7) is 6.74. The summed E-state index contributed by atoms with van der Waals surface area (Å²) in [5, 5.41) is 13.9. The second-order valence-corrected chi connectivity index (χ2v) is 11.8. The number of ether oxygens (including phenoxy) is 1. The monoisotopic (exact) mass is 625 g/mol. The van der Waals surface area contributed by atoms with Crippen LogP contribution in [0.4, 0.5) is 10.6 Å². The summed E-state index contributed by atoms with van der Waals surface area (Å²) in [4.78, 5) is 49.3. The number of nitrogens with one attached hydrogen (secondary N) is 3. The highest BCUT2D eigenvalue weighted by Gasteiger charge is 2.20. The first-order valence-electron chi connectivity index (χ1n) is 15.9. The number of hydrogen-bond acceptors (Lipinski definition) is 9. The van der Waals surface area contributed by atoms with Gasteiger partial charge < -0.3 is 36.9 Å². The summed E-state index contributed by atoms with van der Waals surface area (Å²) >= 11 is 0. The topological polar surface area (TPSA) is 207 Å². The maximum absolute atomic E-state index is 12.7. The molecule has 1 aliphatic rings. The van der Waals surface area contributed by atoms with Crippen molar-refractivity contribution < 1.29 is 19.4 Å². The molecular weight excluding hydrogens is 578 g/mol. The molecule has 1 saturated heterocycles. The molecule has 0 aliphatic carbocycles. The van der Waals surface area contributed by atoms with Gasteiger partial charge in [0, 0.05) is 19.6 Å². The van der Waals surface area contributed by atoms with Crippen LogP contribution in [-0.4, -0.2) is 80.4 Å². The van der Waals surface area contributed by atoms with Gasteiger partial charge in [0.15, 0.2) is 11.5 Å². The number of piperidine rings is 1. The Hall–Kier alpha value is -4.17. The van der Waals surface area contributed by atoms with Crippen molar-refractivity contribution >= 4 is 29.0 Å². The van der Waals surface area contributed by atoms with Gasteiger partial charge in [0.2, 0.25) is 5.91 Å². The lowest BCUT2D eigenvalue weighted by Gasteiger charge is -2.32. The van der Waals surface area contributed by atoms with Crippen molar-refractivity contribution in [3.05, 3.63) is 45.9 Å². The Morgan fingerprint density at radius 2 is 1.78 bits per heavy atom. The molecule has 0 spiro atoms. The molecule has 2 amide bonds. The lowest BCUT2D eigenvalue weighted by molar-refractivity contribution is -0.122. The van der Waals surface area contributed by atoms with Crippen LogP contribution in [0.2, 0.25) is 0 Å². The normalized spacial score (nSPS) is 14.8. The highest BCUT2D eigenvalue weighted by atomic mass is 16.5. The summed E-state index contributed by atoms with van der Waals surface area (Å²) in [5.41, 5.74) is 14.8. The Kier molecular flexibility index (Phi) is 12.6. The van der Waals surface area contributed by atoms with Crippen molar-refractivity contribution in [2.24, 2.45) is 11.7 Å². The Morgan fingerprint density at radius 1 is 1.07 bits per heavy atom. The fourth-order valence-corrected chi connectivity index (χ4v) is 5.52. The number of carbonyl (C=O) groups is 2. The van der Waals surface area contributed by atoms with Crippen molar-refractivity contribution in [2.75, 3.05) is 38.5 Å². The molecule has 1 unspecified atom stereocenters. The summed E-state index contributed by atoms with van der Waals surface area (Å²) in [7, 11) is 0. The van der Waals surface area contributed by atoms with Crippen LogP contribution >= 0.6 is 0 Å². The van der Waals surface area contributed by atoms with E-state index in [9.17, 15) is 14.4 Å². The summed E-state index contributed by atoms with van der Waals surface area (Å²) in [5.74, 6) is 0.606. The van der Waals surface area contributed by atoms with Crippen molar-refractivity contribution in [2.45, 2.75) is 77.4 Å². The van der Waals surface area contributed by atoms with Gasteiger partial charge in [0.05, 0.1) is 19.2 Å². The fraction of sp³-hybridized carbons (Fsp3) is 0.581. The smallest absolute Gasteiger partial charge is 0.404 e. The van der Waals surface area contributed by atoms with Gasteiger partial charge in [-0.3, -0.25) is 14.3 Å². The first-order chi connectivity index (χ1) is 21.7. The number of carbonyl (C=O) groups excluding carboxylic acids is 1. The van der Waals surface area contributed by atoms with Crippen LogP contribution in [0.15, 0.2) is 29.1 Å². The zero-order valence-corrected chi connectivity index (χ0v) is 26.1. The molecule has 1 aromatic carbocycles. The number of aromatic amines is 1. The lowest BCUT2D eigenvalue weighted by atomic mass is 9.93. The number of likely N-dealkylation sites (tertiary alicyclic amines) is 1. The number of nitrogens with zero attached hydrogens (tertiary/aromatic N) is 4. The van der Waals surface area contributed by atoms with Crippen LogP contribution in [0.1, 0.15) is 69.4 Å². The Bertz CT molecular complexity index is 1450. The summed E-state index contributed by atoms with van der Waals surface area (Å²) in [6, 6.07) is 7.89. The van der Waals surface area contributed by atoms with E-state index in [2.05, 4.69) is 49.5 Å². The van der Waals surface area contributed by atoms with Crippen molar-refractivity contribution in [3.8, 4) is 6.01 Å². The largest absolute Gasteiger partial charge is 0.465 e. The lowest BCUT2D eigenvalue weighted by Crippen LogP contribution is -2.41. The number of amides is 2. The van der Waals surface area contributed by atoms with E-state index in [1.54, 1.807) is 4.57 Å². The van der Waals surface area contributed by atoms with E-state index >= 15 is 0 Å². The molecule has 8 N–H and O–H groups in total. The van der Waals surface area contributed by atoms with Crippen LogP contribution in [0.3, 0.4) is 0 Å². The molecule has 2 aromatic heterocycles. The van der Waals surface area contributed by atoms with Crippen molar-refractivity contribution in [3.63, 3.8) is 0 Å². The summed E-state index contributed by atoms with van der Waals surface area (Å²) in [6.07, 6.45) is 5.80. The van der Waals surface area contributed by atoms with E-state index in [0.717, 1.165) is 57.3 Å². The third-order valence-electron chi connectivity index (χ3n) is 8.24. The number of hydrogen-bond donors (Lipinski definition) is 6. The van der Waals surface area contributed by atoms with E-state index in [-0.39, 0.29) is 23.4 Å². The number of fused-ring (bicyclic) bond motifs is 1. The van der Waals surface area contributed by atoms with E-state index < -0.39 is 12.1 Å². The van der Waals surface area contributed by atoms with E-state index in [0.29, 0.717) is 62.6 Å². The van der Waals surface area contributed by atoms with Crippen molar-refractivity contribution in [1.29, 1.82) is 0 Å². The Labute approximate surface area is 262 Å². The minimum atomic E-state index is -1.04. The number of anilines is 1. The molecular formula is C31H47N9O5. The zero-order valence-electron chi connectivity index (χ0n) is 26.1. The highest BCUT2D eigenvalue weighted by Crippen LogP contribution is 2.22. The number of carboxylic acid groups (broad SMARTS) is 1. The van der Waals surface area contributed by atoms with Gasteiger partial charge in [-0.1, -0.05) is 37.6 Å². The molecule has 4 rings (SSSR count). The molecule has 0 saturated carbocycles. The molecule has 3 aromatic rings. The third-order valence-corrected chi connectivity index (χ3v) is 8.24. The van der Waals surface area contributed by atoms with E-state index in [1.807, 2.05) is 12.1 Å². The van der Waals surface area contributed by atoms with Gasteiger partial charge in [-0.25, -0.2) is 9.59 Å². The van der Waals surface area contributed by atoms with Crippen LogP contribution < -0.4 is 32.5 Å². The number of unbranched alkanes of at least 4 members (excludes halogenated alkanes) is 2. The van der Waals surface area contributed by atoms with Gasteiger partial charge in [-0.15, -0.1) is 0 Å². The molecule has 246 valence electrons. The predicted octanol–water partition coefficient (Wildman–Crippen LogP) is 2.41. The molecule has 14 nitrogen and oxygen atoms in total. The third kappa shape index (κ3) is 10.2. The van der Waals surface area contributed by atoms with Gasteiger partial charge in [-0.2, -0.15) is 9.97 Å². The predicted molar refractivity (Wildman–Crippen MR) is 172 cm³/mol. The maximum Gasteiger partial charge on any atom is 0.404 e. The quantitative estimate of drug-likeness (QED) is 0.121. The highest BCUT2D eigenvalue weighted by molar-refractivity contribution is 5.82. The second kappa shape index (κ2) is 16.8. The molecule has 0 bridgehead atoms. The number of nitrogens with two attached hydrogens (primary N) is 2. The number of rotatable bonds is 17. The molecule has 0 radical (unpaired) electrons. The van der Waals surface area contributed by atoms with E-state index in [4.69, 9.17) is 21.3 Å². The zero-order chi connectivity index (χ0) is 32.2. The minimum absolute atomic E-state index is 0.143. The number of H-pyrrole nitrogens is 1. The molecule has 1 atom stereocenters. The molecule has 1 aliphatic heterocycles. The van der Waals surface area contributed by atoms with Gasteiger partial charge in [0.25, 0.3) is 0 Å². The van der Waals surface area contributed by atoms with Crippen molar-refractivity contribution in [1.82, 2.24) is 35.1 Å². The first-order valence-corrected chi connectivity index (χ1v) is 15.9.